The highest BCUT2D eigenvalue weighted by Crippen LogP contribution is 2.32. The highest BCUT2D eigenvalue weighted by Gasteiger charge is 2.19. The van der Waals surface area contributed by atoms with Gasteiger partial charge in [-0.1, -0.05) is 18.2 Å². The van der Waals surface area contributed by atoms with Crippen molar-refractivity contribution in [2.75, 3.05) is 20.4 Å². The van der Waals surface area contributed by atoms with Gasteiger partial charge in [-0.15, -0.1) is 11.3 Å². The monoisotopic (exact) mass is 383 g/mol. The number of rotatable bonds is 6. The number of benzene rings is 2. The molecular weight excluding hydrogens is 362 g/mol. The number of nitrogens with zero attached hydrogens (tertiary/aromatic N) is 2. The van der Waals surface area contributed by atoms with Crippen LogP contribution >= 0.6 is 11.3 Å². The van der Waals surface area contributed by atoms with E-state index in [-0.39, 0.29) is 18.7 Å². The van der Waals surface area contributed by atoms with E-state index in [0.717, 1.165) is 27.6 Å². The summed E-state index contributed by atoms with van der Waals surface area (Å²) in [6.45, 7) is 3.09. The summed E-state index contributed by atoms with van der Waals surface area (Å²) in [7, 11) is 1.94. The first-order chi connectivity index (χ1) is 13.1. The Hall–Kier alpha value is -2.64. The van der Waals surface area contributed by atoms with Crippen molar-refractivity contribution in [1.29, 1.82) is 0 Å². The maximum Gasteiger partial charge on any atom is 0.234 e. The molecule has 140 valence electrons. The van der Waals surface area contributed by atoms with Crippen LogP contribution in [0, 0.1) is 0 Å². The molecule has 0 saturated carbocycles. The largest absolute Gasteiger partial charge is 0.454 e. The normalized spacial score (nSPS) is 13.9. The van der Waals surface area contributed by atoms with Gasteiger partial charge in [-0.25, -0.2) is 4.98 Å². The van der Waals surface area contributed by atoms with Gasteiger partial charge in [0.15, 0.2) is 11.5 Å². The molecule has 4 rings (SSSR count). The maximum atomic E-state index is 12.3. The first-order valence-electron chi connectivity index (χ1n) is 8.81. The van der Waals surface area contributed by atoms with E-state index in [1.165, 1.54) is 4.70 Å². The van der Waals surface area contributed by atoms with E-state index < -0.39 is 0 Å². The van der Waals surface area contributed by atoms with Crippen molar-refractivity contribution in [3.05, 3.63) is 53.0 Å². The van der Waals surface area contributed by atoms with Gasteiger partial charge in [0.05, 0.1) is 22.8 Å². The molecule has 2 aromatic carbocycles. The minimum atomic E-state index is -0.0249. The number of nitrogens with one attached hydrogen (secondary N) is 1. The van der Waals surface area contributed by atoms with Gasteiger partial charge in [0.1, 0.15) is 5.01 Å². The highest BCUT2D eigenvalue weighted by atomic mass is 32.1. The van der Waals surface area contributed by atoms with Crippen molar-refractivity contribution >= 4 is 27.5 Å². The molecule has 6 nitrogen and oxygen atoms in total. The second kappa shape index (κ2) is 7.54. The molecule has 1 aromatic heterocycles. The van der Waals surface area contributed by atoms with E-state index in [1.807, 2.05) is 48.3 Å². The molecule has 0 bridgehead atoms. The Morgan fingerprint density at radius 1 is 1.26 bits per heavy atom. The Morgan fingerprint density at radius 2 is 2.07 bits per heavy atom. The van der Waals surface area contributed by atoms with Crippen molar-refractivity contribution in [1.82, 2.24) is 15.2 Å². The maximum absolute atomic E-state index is 12.3. The molecule has 1 aliphatic heterocycles. The van der Waals surface area contributed by atoms with E-state index in [9.17, 15) is 4.79 Å². The van der Waals surface area contributed by atoms with Crippen LogP contribution in [0.2, 0.25) is 0 Å². The number of thiazole rings is 1. The lowest BCUT2D eigenvalue weighted by atomic mass is 10.2. The molecule has 7 heteroatoms. The molecule has 0 spiro atoms. The zero-order valence-corrected chi connectivity index (χ0v) is 16.1. The van der Waals surface area contributed by atoms with Crippen LogP contribution in [0.4, 0.5) is 0 Å². The van der Waals surface area contributed by atoms with Gasteiger partial charge in [-0.05, 0) is 43.8 Å². The Kier molecular flexibility index (Phi) is 4.96. The van der Waals surface area contributed by atoms with Crippen molar-refractivity contribution < 1.29 is 14.3 Å². The molecule has 1 aliphatic rings. The summed E-state index contributed by atoms with van der Waals surface area (Å²) in [4.78, 5) is 19.0. The lowest BCUT2D eigenvalue weighted by Gasteiger charge is -2.22. The third kappa shape index (κ3) is 3.89. The number of aromatic nitrogens is 1. The van der Waals surface area contributed by atoms with E-state index >= 15 is 0 Å². The van der Waals surface area contributed by atoms with Crippen molar-refractivity contribution in [2.45, 2.75) is 19.5 Å². The lowest BCUT2D eigenvalue weighted by Crippen LogP contribution is -2.36. The molecule has 2 heterocycles. The first-order valence-corrected chi connectivity index (χ1v) is 9.63. The Morgan fingerprint density at radius 3 is 2.93 bits per heavy atom. The number of fused-ring (bicyclic) bond motifs is 2. The van der Waals surface area contributed by atoms with Crippen molar-refractivity contribution in [3.63, 3.8) is 0 Å². The van der Waals surface area contributed by atoms with Crippen LogP contribution in [0.1, 0.15) is 23.5 Å². The quantitative estimate of drug-likeness (QED) is 0.707. The SMILES string of the molecule is CC(c1nc2ccccc2s1)N(C)CC(=O)NCc1ccc2c(c1)OCO2. The van der Waals surface area contributed by atoms with Crippen LogP contribution < -0.4 is 14.8 Å². The van der Waals surface area contributed by atoms with Gasteiger partial charge in [0.2, 0.25) is 12.7 Å². The second-order valence-corrected chi connectivity index (χ2v) is 7.64. The molecule has 27 heavy (non-hydrogen) atoms. The summed E-state index contributed by atoms with van der Waals surface area (Å²) in [5, 5.41) is 3.98. The molecule has 0 saturated heterocycles. The van der Waals surface area contributed by atoms with Crippen LogP contribution in [0.15, 0.2) is 42.5 Å². The Labute approximate surface area is 161 Å². The Balaban J connectivity index is 1.33. The van der Waals surface area contributed by atoms with Crippen LogP contribution in [-0.2, 0) is 11.3 Å². The fourth-order valence-electron chi connectivity index (χ4n) is 2.93. The standard InChI is InChI=1S/C20H21N3O3S/c1-13(20-22-15-5-3-4-6-18(15)27-20)23(2)11-19(24)21-10-14-7-8-16-17(9-14)26-12-25-16/h3-9,13H,10-12H2,1-2H3,(H,21,24). The molecule has 0 fully saturated rings. The van der Waals surface area contributed by atoms with Gasteiger partial charge in [0.25, 0.3) is 0 Å². The summed E-state index contributed by atoms with van der Waals surface area (Å²) in [5.41, 5.74) is 1.99. The highest BCUT2D eigenvalue weighted by molar-refractivity contribution is 7.18. The molecule has 1 unspecified atom stereocenters. The summed E-state index contributed by atoms with van der Waals surface area (Å²) in [5.74, 6) is 1.45. The molecule has 0 radical (unpaired) electrons. The van der Waals surface area contributed by atoms with Crippen LogP contribution in [0.5, 0.6) is 11.5 Å². The number of ether oxygens (including phenoxy) is 2. The van der Waals surface area contributed by atoms with E-state index in [0.29, 0.717) is 13.1 Å². The topological polar surface area (TPSA) is 63.7 Å². The fraction of sp³-hybridized carbons (Fsp3) is 0.300. The average molecular weight is 383 g/mol. The van der Waals surface area contributed by atoms with Gasteiger partial charge in [-0.3, -0.25) is 9.69 Å². The average Bonchev–Trinajstić information content (AvgIpc) is 3.31. The summed E-state index contributed by atoms with van der Waals surface area (Å²) < 4.78 is 11.8. The number of likely N-dealkylation sites (N-methyl/N-ethyl adjacent to an activating group) is 1. The zero-order chi connectivity index (χ0) is 18.8. The molecule has 3 aromatic rings. The lowest BCUT2D eigenvalue weighted by molar-refractivity contribution is -0.122. The molecular formula is C20H21N3O3S. The van der Waals surface area contributed by atoms with E-state index in [2.05, 4.69) is 23.3 Å². The predicted octanol–water partition coefficient (Wildman–Crippen LogP) is 3.33. The minimum Gasteiger partial charge on any atom is -0.454 e. The number of carbonyl (C=O) groups excluding carboxylic acids is 1. The van der Waals surface area contributed by atoms with Gasteiger partial charge in [0, 0.05) is 6.54 Å². The van der Waals surface area contributed by atoms with Gasteiger partial charge < -0.3 is 14.8 Å². The number of hydrogen-bond donors (Lipinski definition) is 1. The number of para-hydroxylation sites is 1. The third-order valence-electron chi connectivity index (χ3n) is 4.65. The third-order valence-corrected chi connectivity index (χ3v) is 5.86. The number of carbonyl (C=O) groups is 1. The van der Waals surface area contributed by atoms with Crippen molar-refractivity contribution in [2.24, 2.45) is 0 Å². The van der Waals surface area contributed by atoms with Crippen molar-refractivity contribution in [3.8, 4) is 11.5 Å². The van der Waals surface area contributed by atoms with Gasteiger partial charge in [-0.2, -0.15) is 0 Å². The second-order valence-electron chi connectivity index (χ2n) is 6.58. The minimum absolute atomic E-state index is 0.0249. The van der Waals surface area contributed by atoms with Gasteiger partial charge >= 0.3 is 0 Å². The summed E-state index contributed by atoms with van der Waals surface area (Å²) in [6.07, 6.45) is 0. The zero-order valence-electron chi connectivity index (χ0n) is 15.3. The predicted molar refractivity (Wildman–Crippen MR) is 105 cm³/mol. The summed E-state index contributed by atoms with van der Waals surface area (Å²) >= 11 is 1.67. The first kappa shape index (κ1) is 17.8. The molecule has 1 amide bonds. The molecule has 1 N–H and O–H groups in total. The van der Waals surface area contributed by atoms with Crippen LogP contribution in [0.25, 0.3) is 10.2 Å². The van der Waals surface area contributed by atoms with Crippen LogP contribution in [0.3, 0.4) is 0 Å². The smallest absolute Gasteiger partial charge is 0.234 e. The van der Waals surface area contributed by atoms with E-state index in [1.54, 1.807) is 11.3 Å². The summed E-state index contributed by atoms with van der Waals surface area (Å²) in [6, 6.07) is 13.9. The van der Waals surface area contributed by atoms with E-state index in [4.69, 9.17) is 9.47 Å². The number of hydrogen-bond acceptors (Lipinski definition) is 6. The number of amides is 1. The fourth-order valence-corrected chi connectivity index (χ4v) is 4.01. The molecule has 1 atom stereocenters. The Bertz CT molecular complexity index is 939. The van der Waals surface area contributed by atoms with Crippen LogP contribution in [-0.4, -0.2) is 36.2 Å². The molecule has 0 aliphatic carbocycles.